The van der Waals surface area contributed by atoms with Crippen LogP contribution in [0.2, 0.25) is 5.02 Å². The van der Waals surface area contributed by atoms with Gasteiger partial charge in [-0.1, -0.05) is 33.6 Å². The van der Waals surface area contributed by atoms with Crippen LogP contribution in [0.25, 0.3) is 0 Å². The normalized spacial score (nSPS) is 10.3. The summed E-state index contributed by atoms with van der Waals surface area (Å²) in [5.74, 6) is -0.387. The van der Waals surface area contributed by atoms with Crippen LogP contribution in [0.3, 0.4) is 0 Å². The van der Waals surface area contributed by atoms with E-state index in [1.165, 1.54) is 6.07 Å². The molecule has 0 bridgehead atoms. The third kappa shape index (κ3) is 3.45. The lowest BCUT2D eigenvalue weighted by atomic mass is 10.2. The third-order valence-electron chi connectivity index (χ3n) is 2.32. The van der Waals surface area contributed by atoms with Crippen LogP contribution >= 0.6 is 27.5 Å². The summed E-state index contributed by atoms with van der Waals surface area (Å²) in [4.78, 5) is 0. The first-order valence-electron chi connectivity index (χ1n) is 5.08. The Hall–Kier alpha value is -1.06. The molecular formula is C13H10BrClFN. The van der Waals surface area contributed by atoms with Gasteiger partial charge in [-0.25, -0.2) is 4.39 Å². The van der Waals surface area contributed by atoms with Gasteiger partial charge in [-0.15, -0.1) is 0 Å². The lowest BCUT2D eigenvalue weighted by Gasteiger charge is -2.07. The van der Waals surface area contributed by atoms with Crippen molar-refractivity contribution in [3.63, 3.8) is 0 Å². The molecule has 0 amide bonds. The predicted molar refractivity (Wildman–Crippen MR) is 72.9 cm³/mol. The molecule has 88 valence electrons. The zero-order chi connectivity index (χ0) is 12.3. The highest BCUT2D eigenvalue weighted by Gasteiger charge is 2.00. The Morgan fingerprint density at radius 3 is 2.47 bits per heavy atom. The molecule has 0 aliphatic carbocycles. The predicted octanol–water partition coefficient (Wildman–Crippen LogP) is 4.85. The van der Waals surface area contributed by atoms with Crippen molar-refractivity contribution in [2.45, 2.75) is 6.54 Å². The van der Waals surface area contributed by atoms with Gasteiger partial charge in [0, 0.05) is 16.7 Å². The second kappa shape index (κ2) is 5.52. The molecule has 0 fully saturated rings. The molecule has 17 heavy (non-hydrogen) atoms. The Bertz CT molecular complexity index is 513. The first-order chi connectivity index (χ1) is 8.15. The Morgan fingerprint density at radius 2 is 1.82 bits per heavy atom. The van der Waals surface area contributed by atoms with Crippen molar-refractivity contribution >= 4 is 33.2 Å². The summed E-state index contributed by atoms with van der Waals surface area (Å²) >= 11 is 8.98. The molecular weight excluding hydrogens is 305 g/mol. The van der Waals surface area contributed by atoms with Crippen molar-refractivity contribution in [3.8, 4) is 0 Å². The quantitative estimate of drug-likeness (QED) is 0.853. The molecule has 0 heterocycles. The van der Waals surface area contributed by atoms with Crippen LogP contribution in [0.5, 0.6) is 0 Å². The Balaban J connectivity index is 2.02. The van der Waals surface area contributed by atoms with Gasteiger partial charge in [-0.2, -0.15) is 0 Å². The standard InChI is InChI=1S/C13H10BrClFN/c14-10-2-4-11(5-3-10)17-8-9-1-6-12(15)13(16)7-9/h1-7,17H,8H2. The minimum atomic E-state index is -0.387. The van der Waals surface area contributed by atoms with Crippen LogP contribution < -0.4 is 5.32 Å². The fourth-order valence-corrected chi connectivity index (χ4v) is 1.80. The molecule has 4 heteroatoms. The van der Waals surface area contributed by atoms with Crippen molar-refractivity contribution in [1.82, 2.24) is 0 Å². The average molecular weight is 315 g/mol. The molecule has 0 aliphatic rings. The van der Waals surface area contributed by atoms with Crippen LogP contribution in [-0.4, -0.2) is 0 Å². The highest BCUT2D eigenvalue weighted by Crippen LogP contribution is 2.18. The van der Waals surface area contributed by atoms with Crippen molar-refractivity contribution in [2.24, 2.45) is 0 Å². The second-order valence-electron chi connectivity index (χ2n) is 3.61. The molecule has 0 spiro atoms. The first kappa shape index (κ1) is 12.4. The maximum Gasteiger partial charge on any atom is 0.142 e. The first-order valence-corrected chi connectivity index (χ1v) is 6.25. The molecule has 0 aromatic heterocycles. The van der Waals surface area contributed by atoms with E-state index in [0.29, 0.717) is 6.54 Å². The minimum absolute atomic E-state index is 0.150. The van der Waals surface area contributed by atoms with Crippen LogP contribution in [0.1, 0.15) is 5.56 Å². The van der Waals surface area contributed by atoms with Gasteiger partial charge in [0.05, 0.1) is 5.02 Å². The number of nitrogens with one attached hydrogen (secondary N) is 1. The van der Waals surface area contributed by atoms with Crippen LogP contribution in [0.4, 0.5) is 10.1 Å². The maximum absolute atomic E-state index is 13.2. The molecule has 0 aliphatic heterocycles. The molecule has 0 saturated heterocycles. The zero-order valence-corrected chi connectivity index (χ0v) is 11.2. The zero-order valence-electron chi connectivity index (χ0n) is 8.88. The number of rotatable bonds is 3. The highest BCUT2D eigenvalue weighted by atomic mass is 79.9. The van der Waals surface area contributed by atoms with Gasteiger partial charge >= 0.3 is 0 Å². The number of benzene rings is 2. The number of halogens is 3. The SMILES string of the molecule is Fc1cc(CNc2ccc(Br)cc2)ccc1Cl. The van der Waals surface area contributed by atoms with Gasteiger partial charge in [-0.3, -0.25) is 0 Å². The molecule has 2 aromatic rings. The molecule has 0 saturated carbocycles. The highest BCUT2D eigenvalue weighted by molar-refractivity contribution is 9.10. The number of hydrogen-bond acceptors (Lipinski definition) is 1. The van der Waals surface area contributed by atoms with E-state index < -0.39 is 0 Å². The van der Waals surface area contributed by atoms with E-state index in [9.17, 15) is 4.39 Å². The average Bonchev–Trinajstić information content (AvgIpc) is 2.33. The number of hydrogen-bond donors (Lipinski definition) is 1. The lowest BCUT2D eigenvalue weighted by Crippen LogP contribution is -1.99. The van der Waals surface area contributed by atoms with E-state index in [1.54, 1.807) is 12.1 Å². The topological polar surface area (TPSA) is 12.0 Å². The molecule has 0 radical (unpaired) electrons. The molecule has 1 N–H and O–H groups in total. The number of anilines is 1. The van der Waals surface area contributed by atoms with Gasteiger partial charge in [0.2, 0.25) is 0 Å². The molecule has 1 nitrogen and oxygen atoms in total. The molecule has 0 unspecified atom stereocenters. The van der Waals surface area contributed by atoms with Gasteiger partial charge < -0.3 is 5.32 Å². The summed E-state index contributed by atoms with van der Waals surface area (Å²) in [6.45, 7) is 0.565. The van der Waals surface area contributed by atoms with Crippen molar-refractivity contribution in [1.29, 1.82) is 0 Å². The maximum atomic E-state index is 13.2. The van der Waals surface area contributed by atoms with E-state index in [2.05, 4.69) is 21.2 Å². The summed E-state index contributed by atoms with van der Waals surface area (Å²) in [6.07, 6.45) is 0. The van der Waals surface area contributed by atoms with Gasteiger partial charge in [0.15, 0.2) is 0 Å². The van der Waals surface area contributed by atoms with E-state index in [0.717, 1.165) is 15.7 Å². The van der Waals surface area contributed by atoms with Crippen LogP contribution in [0.15, 0.2) is 46.9 Å². The van der Waals surface area contributed by atoms with Crippen LogP contribution in [-0.2, 0) is 6.54 Å². The summed E-state index contributed by atoms with van der Waals surface area (Å²) in [7, 11) is 0. The summed E-state index contributed by atoms with van der Waals surface area (Å²) in [6, 6.07) is 12.6. The second-order valence-corrected chi connectivity index (χ2v) is 4.93. The monoisotopic (exact) mass is 313 g/mol. The van der Waals surface area contributed by atoms with Gasteiger partial charge in [0.25, 0.3) is 0 Å². The summed E-state index contributed by atoms with van der Waals surface area (Å²) in [5, 5.41) is 3.35. The summed E-state index contributed by atoms with van der Waals surface area (Å²) < 4.78 is 14.2. The minimum Gasteiger partial charge on any atom is -0.381 e. The van der Waals surface area contributed by atoms with E-state index in [-0.39, 0.29) is 10.8 Å². The van der Waals surface area contributed by atoms with E-state index in [1.807, 2.05) is 24.3 Å². The van der Waals surface area contributed by atoms with Crippen molar-refractivity contribution in [3.05, 3.63) is 63.3 Å². The Labute approximate surface area is 113 Å². The molecule has 2 aromatic carbocycles. The molecule has 2 rings (SSSR count). The fraction of sp³-hybridized carbons (Fsp3) is 0.0769. The van der Waals surface area contributed by atoms with Crippen molar-refractivity contribution in [2.75, 3.05) is 5.32 Å². The van der Waals surface area contributed by atoms with Crippen LogP contribution in [0, 0.1) is 5.82 Å². The Morgan fingerprint density at radius 1 is 1.12 bits per heavy atom. The lowest BCUT2D eigenvalue weighted by molar-refractivity contribution is 0.626. The molecule has 0 atom stereocenters. The Kier molecular flexibility index (Phi) is 4.02. The summed E-state index contributed by atoms with van der Waals surface area (Å²) in [5.41, 5.74) is 1.85. The van der Waals surface area contributed by atoms with Crippen molar-refractivity contribution < 1.29 is 4.39 Å². The van der Waals surface area contributed by atoms with E-state index in [4.69, 9.17) is 11.6 Å². The fourth-order valence-electron chi connectivity index (χ4n) is 1.42. The van der Waals surface area contributed by atoms with Gasteiger partial charge in [0.1, 0.15) is 5.82 Å². The van der Waals surface area contributed by atoms with E-state index >= 15 is 0 Å². The smallest absolute Gasteiger partial charge is 0.142 e. The van der Waals surface area contributed by atoms with Gasteiger partial charge in [-0.05, 0) is 42.0 Å². The largest absolute Gasteiger partial charge is 0.381 e. The third-order valence-corrected chi connectivity index (χ3v) is 3.16.